The summed E-state index contributed by atoms with van der Waals surface area (Å²) in [7, 11) is 0. The monoisotopic (exact) mass is 224 g/mol. The van der Waals surface area contributed by atoms with E-state index in [1.54, 1.807) is 0 Å². The highest BCUT2D eigenvalue weighted by Gasteiger charge is 2.52. The Kier molecular flexibility index (Phi) is 2.80. The Hall–Kier alpha value is -0.530. The predicted molar refractivity (Wildman–Crippen MR) is 64.2 cm³/mol. The summed E-state index contributed by atoms with van der Waals surface area (Å²) in [6, 6.07) is 0. The summed E-state index contributed by atoms with van der Waals surface area (Å²) in [6.45, 7) is 6.85. The molecule has 2 rings (SSSR count). The third-order valence-corrected chi connectivity index (χ3v) is 5.02. The molecule has 0 radical (unpaired) electrons. The molecule has 2 heteroatoms. The molecule has 2 aliphatic carbocycles. The third-order valence-electron chi connectivity index (χ3n) is 5.02. The molecular weight excluding hydrogens is 200 g/mol. The van der Waals surface area contributed by atoms with E-state index in [1.165, 1.54) is 0 Å². The van der Waals surface area contributed by atoms with Gasteiger partial charge in [-0.15, -0.1) is 0 Å². The van der Waals surface area contributed by atoms with Crippen LogP contribution in [0.2, 0.25) is 0 Å². The first kappa shape index (κ1) is 11.9. The number of aliphatic carboxylic acids is 1. The molecule has 0 bridgehead atoms. The molecule has 0 saturated heterocycles. The van der Waals surface area contributed by atoms with E-state index in [4.69, 9.17) is 0 Å². The van der Waals surface area contributed by atoms with E-state index in [9.17, 15) is 9.90 Å². The largest absolute Gasteiger partial charge is 0.481 e. The maximum Gasteiger partial charge on any atom is 0.309 e. The molecule has 0 aromatic heterocycles. The minimum atomic E-state index is -0.528. The summed E-state index contributed by atoms with van der Waals surface area (Å²) in [6.07, 6.45) is 6.20. The molecule has 16 heavy (non-hydrogen) atoms. The minimum absolute atomic E-state index is 0.348. The summed E-state index contributed by atoms with van der Waals surface area (Å²) >= 11 is 0. The standard InChI is InChI=1S/C14H24O2/c1-10-4-5-14(12(15)16)7-6-13(2,3)9-11(14)8-10/h10-11H,4-9H2,1-3H3,(H,15,16)/t10-,11+,14+/m0/s1. The fraction of sp³-hybridized carbons (Fsp3) is 0.929. The Morgan fingerprint density at radius 3 is 2.56 bits per heavy atom. The van der Waals surface area contributed by atoms with Crippen LogP contribution < -0.4 is 0 Å². The van der Waals surface area contributed by atoms with Gasteiger partial charge in [0, 0.05) is 0 Å². The molecule has 0 unspecified atom stereocenters. The van der Waals surface area contributed by atoms with E-state index in [0.717, 1.165) is 38.5 Å². The second-order valence-corrected chi connectivity index (χ2v) is 6.91. The van der Waals surface area contributed by atoms with Crippen LogP contribution in [0.4, 0.5) is 0 Å². The first-order valence-electron chi connectivity index (χ1n) is 6.59. The third kappa shape index (κ3) is 1.87. The molecule has 2 nitrogen and oxygen atoms in total. The van der Waals surface area contributed by atoms with Crippen LogP contribution in [0.5, 0.6) is 0 Å². The van der Waals surface area contributed by atoms with Gasteiger partial charge < -0.3 is 5.11 Å². The van der Waals surface area contributed by atoms with E-state index >= 15 is 0 Å². The van der Waals surface area contributed by atoms with Crippen molar-refractivity contribution in [2.45, 2.75) is 59.3 Å². The van der Waals surface area contributed by atoms with Crippen LogP contribution in [0, 0.1) is 22.7 Å². The van der Waals surface area contributed by atoms with Crippen molar-refractivity contribution in [3.05, 3.63) is 0 Å². The van der Waals surface area contributed by atoms with E-state index in [-0.39, 0.29) is 5.41 Å². The molecule has 0 aliphatic heterocycles. The van der Waals surface area contributed by atoms with Gasteiger partial charge in [0.1, 0.15) is 0 Å². The molecule has 0 aromatic carbocycles. The Labute approximate surface area is 98.4 Å². The van der Waals surface area contributed by atoms with E-state index in [1.807, 2.05) is 0 Å². The summed E-state index contributed by atoms with van der Waals surface area (Å²) in [5.74, 6) is 0.601. The van der Waals surface area contributed by atoms with Gasteiger partial charge in [0.2, 0.25) is 0 Å². The normalized spacial score (nSPS) is 42.4. The number of carboxylic acids is 1. The highest BCUT2D eigenvalue weighted by molar-refractivity contribution is 5.75. The van der Waals surface area contributed by atoms with Crippen molar-refractivity contribution in [3.63, 3.8) is 0 Å². The van der Waals surface area contributed by atoms with Crippen LogP contribution in [0.1, 0.15) is 59.3 Å². The van der Waals surface area contributed by atoms with E-state index in [2.05, 4.69) is 20.8 Å². The van der Waals surface area contributed by atoms with Crippen molar-refractivity contribution < 1.29 is 9.90 Å². The number of rotatable bonds is 1. The highest BCUT2D eigenvalue weighted by atomic mass is 16.4. The predicted octanol–water partition coefficient (Wildman–Crippen LogP) is 3.70. The molecule has 92 valence electrons. The summed E-state index contributed by atoms with van der Waals surface area (Å²) in [5.41, 5.74) is -0.0251. The zero-order valence-electron chi connectivity index (χ0n) is 10.8. The number of carboxylic acid groups (broad SMARTS) is 1. The molecule has 0 aromatic rings. The topological polar surface area (TPSA) is 37.3 Å². The lowest BCUT2D eigenvalue weighted by Gasteiger charge is -2.51. The quantitative estimate of drug-likeness (QED) is 0.737. The first-order chi connectivity index (χ1) is 7.36. The van der Waals surface area contributed by atoms with Crippen molar-refractivity contribution >= 4 is 5.97 Å². The van der Waals surface area contributed by atoms with Crippen molar-refractivity contribution in [1.82, 2.24) is 0 Å². The molecule has 0 heterocycles. The van der Waals surface area contributed by atoms with Gasteiger partial charge in [-0.25, -0.2) is 0 Å². The first-order valence-corrected chi connectivity index (χ1v) is 6.59. The number of hydrogen-bond donors (Lipinski definition) is 1. The molecular formula is C14H24O2. The summed E-state index contributed by atoms with van der Waals surface area (Å²) < 4.78 is 0. The SMILES string of the molecule is C[C@H]1CC[C@@]2(C(=O)O)CCC(C)(C)C[C@H]2C1. The van der Waals surface area contributed by atoms with Gasteiger partial charge in [0.25, 0.3) is 0 Å². The average molecular weight is 224 g/mol. The van der Waals surface area contributed by atoms with Crippen LogP contribution in [0.3, 0.4) is 0 Å². The molecule has 1 N–H and O–H groups in total. The van der Waals surface area contributed by atoms with Crippen LogP contribution in [0.25, 0.3) is 0 Å². The number of fused-ring (bicyclic) bond motifs is 1. The average Bonchev–Trinajstić information content (AvgIpc) is 2.15. The Morgan fingerprint density at radius 2 is 1.94 bits per heavy atom. The minimum Gasteiger partial charge on any atom is -0.481 e. The maximum absolute atomic E-state index is 11.6. The second-order valence-electron chi connectivity index (χ2n) is 6.91. The Bertz CT molecular complexity index is 295. The molecule has 3 atom stereocenters. The van der Waals surface area contributed by atoms with Gasteiger partial charge in [-0.2, -0.15) is 0 Å². The molecule has 2 saturated carbocycles. The molecule has 0 spiro atoms. The van der Waals surface area contributed by atoms with Gasteiger partial charge >= 0.3 is 5.97 Å². The fourth-order valence-electron chi connectivity index (χ4n) is 3.86. The van der Waals surface area contributed by atoms with Gasteiger partial charge in [0.15, 0.2) is 0 Å². The van der Waals surface area contributed by atoms with Gasteiger partial charge in [-0.05, 0) is 55.8 Å². The van der Waals surface area contributed by atoms with Gasteiger partial charge in [-0.3, -0.25) is 4.79 Å². The van der Waals surface area contributed by atoms with Crippen LogP contribution >= 0.6 is 0 Å². The summed E-state index contributed by atoms with van der Waals surface area (Å²) in [5, 5.41) is 9.58. The smallest absolute Gasteiger partial charge is 0.309 e. The highest BCUT2D eigenvalue weighted by Crippen LogP contribution is 2.56. The Balaban J connectivity index is 2.24. The van der Waals surface area contributed by atoms with Crippen molar-refractivity contribution in [3.8, 4) is 0 Å². The number of hydrogen-bond acceptors (Lipinski definition) is 1. The lowest BCUT2D eigenvalue weighted by Crippen LogP contribution is -2.48. The van der Waals surface area contributed by atoms with E-state index < -0.39 is 5.97 Å². The lowest BCUT2D eigenvalue weighted by molar-refractivity contribution is -0.162. The van der Waals surface area contributed by atoms with E-state index in [0.29, 0.717) is 17.3 Å². The number of carbonyl (C=O) groups is 1. The zero-order valence-corrected chi connectivity index (χ0v) is 10.8. The summed E-state index contributed by atoms with van der Waals surface area (Å²) in [4.78, 5) is 11.6. The van der Waals surface area contributed by atoms with Crippen LogP contribution in [0.15, 0.2) is 0 Å². The maximum atomic E-state index is 11.6. The molecule has 2 fully saturated rings. The van der Waals surface area contributed by atoms with Crippen molar-refractivity contribution in [2.75, 3.05) is 0 Å². The fourth-order valence-corrected chi connectivity index (χ4v) is 3.86. The zero-order chi connectivity index (χ0) is 12.0. The molecule has 2 aliphatic rings. The van der Waals surface area contributed by atoms with Gasteiger partial charge in [0.05, 0.1) is 5.41 Å². The van der Waals surface area contributed by atoms with Gasteiger partial charge in [-0.1, -0.05) is 20.8 Å². The second kappa shape index (κ2) is 3.75. The van der Waals surface area contributed by atoms with Crippen LogP contribution in [-0.4, -0.2) is 11.1 Å². The lowest BCUT2D eigenvalue weighted by atomic mass is 9.53. The van der Waals surface area contributed by atoms with Crippen LogP contribution in [-0.2, 0) is 4.79 Å². The molecule has 0 amide bonds. The van der Waals surface area contributed by atoms with Crippen molar-refractivity contribution in [1.29, 1.82) is 0 Å². The Morgan fingerprint density at radius 1 is 1.25 bits per heavy atom. The van der Waals surface area contributed by atoms with Crippen molar-refractivity contribution in [2.24, 2.45) is 22.7 Å².